The summed E-state index contributed by atoms with van der Waals surface area (Å²) in [6.45, 7) is 0. The number of carboxylic acids is 1. The second-order valence-electron chi connectivity index (χ2n) is 3.79. The molecule has 2 N–H and O–H groups in total. The van der Waals surface area contributed by atoms with E-state index in [0.29, 0.717) is 22.9 Å². The molecule has 1 atom stereocenters. The highest BCUT2D eigenvalue weighted by Gasteiger charge is 2.42. The number of rotatable bonds is 3. The Morgan fingerprint density at radius 2 is 2.25 bits per heavy atom. The number of carbonyl (C=O) groups is 1. The Balaban J connectivity index is 2.25. The van der Waals surface area contributed by atoms with Crippen molar-refractivity contribution in [2.24, 2.45) is 0 Å². The zero-order valence-electron chi connectivity index (χ0n) is 8.57. The third kappa shape index (κ3) is 2.13. The normalized spacial score (nSPS) is 24.3. The number of anilines is 1. The molecule has 1 fully saturated rings. The van der Waals surface area contributed by atoms with Gasteiger partial charge in [0.05, 0.1) is 10.7 Å². The highest BCUT2D eigenvalue weighted by atomic mass is 35.5. The van der Waals surface area contributed by atoms with Crippen molar-refractivity contribution in [3.05, 3.63) is 29.3 Å². The summed E-state index contributed by atoms with van der Waals surface area (Å²) in [7, 11) is 0. The van der Waals surface area contributed by atoms with Gasteiger partial charge in [0, 0.05) is 5.75 Å². The Labute approximate surface area is 103 Å². The van der Waals surface area contributed by atoms with Gasteiger partial charge in [0.25, 0.3) is 0 Å². The van der Waals surface area contributed by atoms with Gasteiger partial charge >= 0.3 is 5.97 Å². The summed E-state index contributed by atoms with van der Waals surface area (Å²) in [6, 6.07) is 7.22. The molecule has 0 radical (unpaired) electrons. The van der Waals surface area contributed by atoms with Gasteiger partial charge in [-0.3, -0.25) is 0 Å². The van der Waals surface area contributed by atoms with Crippen LogP contribution in [0.3, 0.4) is 0 Å². The molecule has 0 spiro atoms. The molecule has 0 amide bonds. The Kier molecular flexibility index (Phi) is 3.30. The fraction of sp³-hybridized carbons (Fsp3) is 0.364. The molecule has 1 aromatic rings. The molecule has 0 aliphatic carbocycles. The maximum absolute atomic E-state index is 11.3. The molecular formula is C11H12ClNO2S. The zero-order chi connectivity index (χ0) is 11.6. The number of hydrogen-bond donors (Lipinski definition) is 2. The third-order valence-electron chi connectivity index (χ3n) is 2.68. The van der Waals surface area contributed by atoms with Crippen LogP contribution >= 0.6 is 23.4 Å². The van der Waals surface area contributed by atoms with Gasteiger partial charge in [0.15, 0.2) is 0 Å². The van der Waals surface area contributed by atoms with E-state index >= 15 is 0 Å². The molecule has 0 saturated carbocycles. The van der Waals surface area contributed by atoms with Crippen molar-refractivity contribution >= 4 is 35.0 Å². The average molecular weight is 258 g/mol. The molecule has 3 nitrogen and oxygen atoms in total. The molecule has 1 saturated heterocycles. The summed E-state index contributed by atoms with van der Waals surface area (Å²) < 4.78 is 0. The Hall–Kier alpha value is -0.870. The Bertz CT molecular complexity index is 405. The van der Waals surface area contributed by atoms with Gasteiger partial charge in [-0.25, -0.2) is 4.79 Å². The number of benzene rings is 1. The Morgan fingerprint density at radius 3 is 2.81 bits per heavy atom. The van der Waals surface area contributed by atoms with E-state index < -0.39 is 11.5 Å². The molecule has 1 aliphatic heterocycles. The first-order valence-corrected chi connectivity index (χ1v) is 6.51. The first-order valence-electron chi connectivity index (χ1n) is 4.98. The summed E-state index contributed by atoms with van der Waals surface area (Å²) in [6.07, 6.45) is 0.623. The van der Waals surface area contributed by atoms with Gasteiger partial charge in [-0.15, -0.1) is 0 Å². The van der Waals surface area contributed by atoms with Crippen molar-refractivity contribution in [2.75, 3.05) is 16.8 Å². The molecule has 1 heterocycles. The first-order chi connectivity index (χ1) is 7.64. The predicted octanol–water partition coefficient (Wildman–Crippen LogP) is 2.71. The molecule has 1 aromatic carbocycles. The van der Waals surface area contributed by atoms with E-state index in [9.17, 15) is 9.90 Å². The van der Waals surface area contributed by atoms with Gasteiger partial charge in [0.2, 0.25) is 0 Å². The number of para-hydroxylation sites is 1. The van der Waals surface area contributed by atoms with Crippen molar-refractivity contribution < 1.29 is 9.90 Å². The summed E-state index contributed by atoms with van der Waals surface area (Å²) in [5.74, 6) is 0.634. The maximum Gasteiger partial charge on any atom is 0.330 e. The van der Waals surface area contributed by atoms with Crippen LogP contribution in [0.15, 0.2) is 24.3 Å². The molecule has 2 rings (SSSR count). The lowest BCUT2D eigenvalue weighted by Crippen LogP contribution is -2.46. The van der Waals surface area contributed by atoms with Gasteiger partial charge in [0.1, 0.15) is 5.54 Å². The summed E-state index contributed by atoms with van der Waals surface area (Å²) >= 11 is 7.66. The largest absolute Gasteiger partial charge is 0.479 e. The lowest BCUT2D eigenvalue weighted by molar-refractivity contribution is -0.141. The first kappa shape index (κ1) is 11.6. The van der Waals surface area contributed by atoms with Crippen LogP contribution in [0.4, 0.5) is 5.69 Å². The molecule has 0 aromatic heterocycles. The number of nitrogens with one attached hydrogen (secondary N) is 1. The standard InChI is InChI=1S/C11H12ClNO2S/c12-8-3-1-2-4-9(8)13-11(10(14)15)5-6-16-7-11/h1-4,13H,5-7H2,(H,14,15). The van der Waals surface area contributed by atoms with E-state index in [1.165, 1.54) is 0 Å². The predicted molar refractivity (Wildman–Crippen MR) is 67.4 cm³/mol. The van der Waals surface area contributed by atoms with Gasteiger partial charge < -0.3 is 10.4 Å². The van der Waals surface area contributed by atoms with Crippen molar-refractivity contribution in [3.63, 3.8) is 0 Å². The van der Waals surface area contributed by atoms with Crippen LogP contribution in [0.1, 0.15) is 6.42 Å². The van der Waals surface area contributed by atoms with Crippen LogP contribution < -0.4 is 5.32 Å². The molecule has 86 valence electrons. The number of thioether (sulfide) groups is 1. The van der Waals surface area contributed by atoms with Crippen molar-refractivity contribution in [2.45, 2.75) is 12.0 Å². The highest BCUT2D eigenvalue weighted by Crippen LogP contribution is 2.33. The summed E-state index contributed by atoms with van der Waals surface area (Å²) in [4.78, 5) is 11.3. The minimum Gasteiger partial charge on any atom is -0.479 e. The van der Waals surface area contributed by atoms with E-state index in [-0.39, 0.29) is 0 Å². The minimum atomic E-state index is -0.865. The molecule has 1 aliphatic rings. The van der Waals surface area contributed by atoms with Gasteiger partial charge in [-0.1, -0.05) is 23.7 Å². The van der Waals surface area contributed by atoms with Crippen molar-refractivity contribution in [3.8, 4) is 0 Å². The Morgan fingerprint density at radius 1 is 1.50 bits per heavy atom. The van der Waals surface area contributed by atoms with Crippen molar-refractivity contribution in [1.29, 1.82) is 0 Å². The highest BCUT2D eigenvalue weighted by molar-refractivity contribution is 7.99. The van der Waals surface area contributed by atoms with Crippen LogP contribution in [0.25, 0.3) is 0 Å². The van der Waals surface area contributed by atoms with Gasteiger partial charge in [-0.05, 0) is 24.3 Å². The number of carboxylic acid groups (broad SMARTS) is 1. The van der Waals surface area contributed by atoms with Crippen molar-refractivity contribution in [1.82, 2.24) is 0 Å². The topological polar surface area (TPSA) is 49.3 Å². The average Bonchev–Trinajstić information content (AvgIpc) is 2.71. The minimum absolute atomic E-state index is 0.556. The van der Waals surface area contributed by atoms with E-state index in [1.54, 1.807) is 23.9 Å². The zero-order valence-corrected chi connectivity index (χ0v) is 10.1. The molecule has 0 bridgehead atoms. The van der Waals surface area contributed by atoms with E-state index in [1.807, 2.05) is 12.1 Å². The van der Waals surface area contributed by atoms with Crippen LogP contribution in [0.5, 0.6) is 0 Å². The number of halogens is 1. The quantitative estimate of drug-likeness (QED) is 0.874. The second kappa shape index (κ2) is 4.55. The van der Waals surface area contributed by atoms with Crippen LogP contribution in [-0.2, 0) is 4.79 Å². The fourth-order valence-corrected chi connectivity index (χ4v) is 3.21. The smallest absolute Gasteiger partial charge is 0.330 e. The number of aliphatic carboxylic acids is 1. The molecular weight excluding hydrogens is 246 g/mol. The molecule has 16 heavy (non-hydrogen) atoms. The second-order valence-corrected chi connectivity index (χ2v) is 5.31. The SMILES string of the molecule is O=C(O)C1(Nc2ccccc2Cl)CCSC1. The van der Waals surface area contributed by atoms with Crippen LogP contribution in [0.2, 0.25) is 5.02 Å². The molecule has 1 unspecified atom stereocenters. The van der Waals surface area contributed by atoms with Crippen LogP contribution in [0, 0.1) is 0 Å². The third-order valence-corrected chi connectivity index (χ3v) is 4.20. The lowest BCUT2D eigenvalue weighted by Gasteiger charge is -2.26. The van der Waals surface area contributed by atoms with Gasteiger partial charge in [-0.2, -0.15) is 11.8 Å². The van der Waals surface area contributed by atoms with E-state index in [0.717, 1.165) is 5.75 Å². The molecule has 5 heteroatoms. The maximum atomic E-state index is 11.3. The summed E-state index contributed by atoms with van der Waals surface area (Å²) in [5.41, 5.74) is -0.176. The lowest BCUT2D eigenvalue weighted by atomic mass is 9.99. The fourth-order valence-electron chi connectivity index (χ4n) is 1.71. The van der Waals surface area contributed by atoms with E-state index in [4.69, 9.17) is 11.6 Å². The summed E-state index contributed by atoms with van der Waals surface area (Å²) in [5, 5.41) is 12.9. The van der Waals surface area contributed by atoms with Crippen LogP contribution in [-0.4, -0.2) is 28.1 Å². The van der Waals surface area contributed by atoms with E-state index in [2.05, 4.69) is 5.32 Å². The monoisotopic (exact) mass is 257 g/mol. The number of hydrogen-bond acceptors (Lipinski definition) is 3.